The van der Waals surface area contributed by atoms with Crippen molar-refractivity contribution in [2.75, 3.05) is 0 Å². The van der Waals surface area contributed by atoms with Gasteiger partial charge in [-0.05, 0) is 23.8 Å². The standard InChI is InChI=1S/C16H12O3/c17-15(11-6-12-4-2-1-3-5-12)13-7-9-14(10-8-13)16(18)19/h1-11H,(H,18,19)/b11-6+. The molecule has 2 aromatic carbocycles. The van der Waals surface area contributed by atoms with Gasteiger partial charge < -0.3 is 5.11 Å². The van der Waals surface area contributed by atoms with Crippen LogP contribution in [0.5, 0.6) is 0 Å². The minimum Gasteiger partial charge on any atom is -0.478 e. The molecule has 0 fully saturated rings. The van der Waals surface area contributed by atoms with Crippen LogP contribution in [0.3, 0.4) is 0 Å². The van der Waals surface area contributed by atoms with E-state index in [4.69, 9.17) is 5.11 Å². The highest BCUT2D eigenvalue weighted by atomic mass is 16.4. The molecule has 0 bridgehead atoms. The zero-order valence-corrected chi connectivity index (χ0v) is 10.1. The number of ketones is 1. The van der Waals surface area contributed by atoms with Crippen LogP contribution in [0.15, 0.2) is 60.7 Å². The second-order valence-corrected chi connectivity index (χ2v) is 3.99. The summed E-state index contributed by atoms with van der Waals surface area (Å²) >= 11 is 0. The lowest BCUT2D eigenvalue weighted by Crippen LogP contribution is -1.98. The molecule has 3 heteroatoms. The Morgan fingerprint density at radius 2 is 1.42 bits per heavy atom. The molecule has 0 aliphatic carbocycles. The summed E-state index contributed by atoms with van der Waals surface area (Å²) in [5.74, 6) is -1.15. The number of rotatable bonds is 4. The van der Waals surface area contributed by atoms with Crippen LogP contribution in [0.2, 0.25) is 0 Å². The van der Waals surface area contributed by atoms with E-state index in [1.807, 2.05) is 30.3 Å². The first kappa shape index (κ1) is 12.8. The van der Waals surface area contributed by atoms with Gasteiger partial charge in [-0.1, -0.05) is 48.5 Å². The maximum absolute atomic E-state index is 11.9. The summed E-state index contributed by atoms with van der Waals surface area (Å²) in [5, 5.41) is 8.77. The van der Waals surface area contributed by atoms with Gasteiger partial charge in [0.15, 0.2) is 5.78 Å². The van der Waals surface area contributed by atoms with Gasteiger partial charge in [0.1, 0.15) is 0 Å². The van der Waals surface area contributed by atoms with E-state index in [2.05, 4.69) is 0 Å². The van der Waals surface area contributed by atoms with Gasteiger partial charge in [-0.25, -0.2) is 4.79 Å². The maximum Gasteiger partial charge on any atom is 0.335 e. The quantitative estimate of drug-likeness (QED) is 0.671. The summed E-state index contributed by atoms with van der Waals surface area (Å²) in [4.78, 5) is 22.6. The van der Waals surface area contributed by atoms with Gasteiger partial charge in [-0.2, -0.15) is 0 Å². The van der Waals surface area contributed by atoms with Crippen molar-refractivity contribution >= 4 is 17.8 Å². The molecule has 0 radical (unpaired) electrons. The molecular formula is C16H12O3. The molecule has 0 spiro atoms. The Hall–Kier alpha value is -2.68. The van der Waals surface area contributed by atoms with Crippen LogP contribution in [0.1, 0.15) is 26.3 Å². The zero-order valence-electron chi connectivity index (χ0n) is 10.1. The van der Waals surface area contributed by atoms with Crippen molar-refractivity contribution in [2.24, 2.45) is 0 Å². The second-order valence-electron chi connectivity index (χ2n) is 3.99. The van der Waals surface area contributed by atoms with Crippen LogP contribution in [0.4, 0.5) is 0 Å². The summed E-state index contributed by atoms with van der Waals surface area (Å²) in [6.07, 6.45) is 3.21. The van der Waals surface area contributed by atoms with Crippen molar-refractivity contribution in [3.8, 4) is 0 Å². The molecule has 0 aromatic heterocycles. The lowest BCUT2D eigenvalue weighted by Gasteiger charge is -1.97. The SMILES string of the molecule is O=C(O)c1ccc(C(=O)/C=C/c2ccccc2)cc1. The molecule has 3 nitrogen and oxygen atoms in total. The number of aromatic carboxylic acids is 1. The summed E-state index contributed by atoms with van der Waals surface area (Å²) in [6, 6.07) is 15.4. The van der Waals surface area contributed by atoms with E-state index in [0.717, 1.165) is 5.56 Å². The minimum atomic E-state index is -1.00. The smallest absolute Gasteiger partial charge is 0.335 e. The van der Waals surface area contributed by atoms with Crippen LogP contribution < -0.4 is 0 Å². The summed E-state index contributed by atoms with van der Waals surface area (Å²) in [5.41, 5.74) is 1.58. The molecule has 1 N–H and O–H groups in total. The molecule has 0 atom stereocenters. The Morgan fingerprint density at radius 1 is 0.842 bits per heavy atom. The molecule has 94 valence electrons. The first-order chi connectivity index (χ1) is 9.16. The highest BCUT2D eigenvalue weighted by molar-refractivity contribution is 6.07. The fourth-order valence-corrected chi connectivity index (χ4v) is 1.61. The van der Waals surface area contributed by atoms with Crippen LogP contribution in [-0.4, -0.2) is 16.9 Å². The number of carboxylic acid groups (broad SMARTS) is 1. The van der Waals surface area contributed by atoms with Gasteiger partial charge in [-0.3, -0.25) is 4.79 Å². The minimum absolute atomic E-state index is 0.152. The molecule has 0 heterocycles. The molecule has 0 saturated heterocycles. The van der Waals surface area contributed by atoms with Gasteiger partial charge in [0, 0.05) is 5.56 Å². The van der Waals surface area contributed by atoms with Crippen molar-refractivity contribution in [1.29, 1.82) is 0 Å². The number of benzene rings is 2. The van der Waals surface area contributed by atoms with E-state index in [1.54, 1.807) is 6.08 Å². The average molecular weight is 252 g/mol. The van der Waals surface area contributed by atoms with Crippen molar-refractivity contribution in [2.45, 2.75) is 0 Å². The normalized spacial score (nSPS) is 10.5. The Bertz CT molecular complexity index is 610. The van der Waals surface area contributed by atoms with Crippen molar-refractivity contribution < 1.29 is 14.7 Å². The number of allylic oxidation sites excluding steroid dienone is 1. The largest absolute Gasteiger partial charge is 0.478 e. The number of carboxylic acids is 1. The molecule has 2 rings (SSSR count). The third-order valence-electron chi connectivity index (χ3n) is 2.64. The number of hydrogen-bond donors (Lipinski definition) is 1. The summed E-state index contributed by atoms with van der Waals surface area (Å²) < 4.78 is 0. The Kier molecular flexibility index (Phi) is 3.88. The number of carbonyl (C=O) groups excluding carboxylic acids is 1. The van der Waals surface area contributed by atoms with Crippen molar-refractivity contribution in [3.05, 3.63) is 77.4 Å². The Morgan fingerprint density at radius 3 is 2.00 bits per heavy atom. The molecule has 0 unspecified atom stereocenters. The highest BCUT2D eigenvalue weighted by Crippen LogP contribution is 2.08. The van der Waals surface area contributed by atoms with Crippen molar-refractivity contribution in [3.63, 3.8) is 0 Å². The third-order valence-corrected chi connectivity index (χ3v) is 2.64. The van der Waals surface area contributed by atoms with E-state index in [-0.39, 0.29) is 11.3 Å². The van der Waals surface area contributed by atoms with E-state index in [1.165, 1.54) is 30.3 Å². The Labute approximate surface area is 110 Å². The molecule has 19 heavy (non-hydrogen) atoms. The molecular weight excluding hydrogens is 240 g/mol. The lowest BCUT2D eigenvalue weighted by molar-refractivity contribution is 0.0696. The van der Waals surface area contributed by atoms with Gasteiger partial charge in [0.2, 0.25) is 0 Å². The first-order valence-electron chi connectivity index (χ1n) is 5.77. The third kappa shape index (κ3) is 3.39. The zero-order chi connectivity index (χ0) is 13.7. The van der Waals surface area contributed by atoms with E-state index >= 15 is 0 Å². The van der Waals surface area contributed by atoms with Gasteiger partial charge in [0.05, 0.1) is 5.56 Å². The second kappa shape index (κ2) is 5.78. The maximum atomic E-state index is 11.9. The Balaban J connectivity index is 2.12. The molecule has 0 aliphatic heterocycles. The fraction of sp³-hybridized carbons (Fsp3) is 0. The summed E-state index contributed by atoms with van der Waals surface area (Å²) in [7, 11) is 0. The molecule has 0 saturated carbocycles. The van der Waals surface area contributed by atoms with Gasteiger partial charge in [-0.15, -0.1) is 0 Å². The van der Waals surface area contributed by atoms with Crippen LogP contribution in [-0.2, 0) is 0 Å². The molecule has 0 aliphatic rings. The van der Waals surface area contributed by atoms with Crippen LogP contribution in [0.25, 0.3) is 6.08 Å². The van der Waals surface area contributed by atoms with E-state index < -0.39 is 5.97 Å². The van der Waals surface area contributed by atoms with E-state index in [0.29, 0.717) is 5.56 Å². The number of hydrogen-bond acceptors (Lipinski definition) is 2. The van der Waals surface area contributed by atoms with Crippen LogP contribution in [0, 0.1) is 0 Å². The predicted octanol–water partition coefficient (Wildman–Crippen LogP) is 3.28. The average Bonchev–Trinajstić information content (AvgIpc) is 2.46. The molecule has 0 amide bonds. The number of carbonyl (C=O) groups is 2. The lowest BCUT2D eigenvalue weighted by atomic mass is 10.1. The monoisotopic (exact) mass is 252 g/mol. The molecule has 2 aromatic rings. The van der Waals surface area contributed by atoms with Crippen molar-refractivity contribution in [1.82, 2.24) is 0 Å². The highest BCUT2D eigenvalue weighted by Gasteiger charge is 2.05. The van der Waals surface area contributed by atoms with Gasteiger partial charge in [0.25, 0.3) is 0 Å². The topological polar surface area (TPSA) is 54.4 Å². The van der Waals surface area contributed by atoms with Gasteiger partial charge >= 0.3 is 5.97 Å². The predicted molar refractivity (Wildman–Crippen MR) is 73.2 cm³/mol. The van der Waals surface area contributed by atoms with Crippen LogP contribution >= 0.6 is 0 Å². The van der Waals surface area contributed by atoms with E-state index in [9.17, 15) is 9.59 Å². The first-order valence-corrected chi connectivity index (χ1v) is 5.77. The summed E-state index contributed by atoms with van der Waals surface area (Å²) in [6.45, 7) is 0. The fourth-order valence-electron chi connectivity index (χ4n) is 1.61.